The lowest BCUT2D eigenvalue weighted by atomic mass is 9.75. The van der Waals surface area contributed by atoms with E-state index in [0.29, 0.717) is 12.4 Å². The van der Waals surface area contributed by atoms with Gasteiger partial charge in [-0.25, -0.2) is 4.98 Å². The van der Waals surface area contributed by atoms with Gasteiger partial charge in [0.1, 0.15) is 5.78 Å². The van der Waals surface area contributed by atoms with E-state index >= 15 is 0 Å². The summed E-state index contributed by atoms with van der Waals surface area (Å²) >= 11 is 0. The van der Waals surface area contributed by atoms with E-state index in [9.17, 15) is 15.0 Å². The average Bonchev–Trinajstić information content (AvgIpc) is 3.18. The maximum Gasteiger partial charge on any atom is 0.208 e. The van der Waals surface area contributed by atoms with Crippen molar-refractivity contribution in [2.75, 3.05) is 5.32 Å². The number of hydrogen-bond donors (Lipinski definition) is 3. The number of aromatic hydroxyl groups is 2. The zero-order chi connectivity index (χ0) is 22.7. The number of carbonyl (C=O) groups is 1. The molecule has 33 heavy (non-hydrogen) atoms. The molecule has 0 saturated heterocycles. The van der Waals surface area contributed by atoms with E-state index in [1.54, 1.807) is 12.1 Å². The Morgan fingerprint density at radius 3 is 2.52 bits per heavy atom. The van der Waals surface area contributed by atoms with Gasteiger partial charge in [0, 0.05) is 18.0 Å². The zero-order valence-electron chi connectivity index (χ0n) is 18.1. The van der Waals surface area contributed by atoms with Crippen LogP contribution in [0, 0.1) is 12.8 Å². The molecule has 6 nitrogen and oxygen atoms in total. The summed E-state index contributed by atoms with van der Waals surface area (Å²) in [6.07, 6.45) is 2.55. The molecule has 6 rings (SSSR count). The number of benzene rings is 3. The Morgan fingerprint density at radius 1 is 0.970 bits per heavy atom. The van der Waals surface area contributed by atoms with Crippen molar-refractivity contribution in [2.45, 2.75) is 25.3 Å². The van der Waals surface area contributed by atoms with E-state index in [2.05, 4.69) is 42.6 Å². The highest BCUT2D eigenvalue weighted by Crippen LogP contribution is 2.47. The first-order chi connectivity index (χ1) is 16.0. The third-order valence-corrected chi connectivity index (χ3v) is 6.78. The molecule has 3 aromatic carbocycles. The van der Waals surface area contributed by atoms with Crippen molar-refractivity contribution in [2.24, 2.45) is 5.92 Å². The van der Waals surface area contributed by atoms with Crippen LogP contribution in [0.4, 0.5) is 5.95 Å². The van der Waals surface area contributed by atoms with Gasteiger partial charge >= 0.3 is 0 Å². The third-order valence-electron chi connectivity index (χ3n) is 6.78. The van der Waals surface area contributed by atoms with Gasteiger partial charge < -0.3 is 20.1 Å². The Morgan fingerprint density at radius 2 is 1.73 bits per heavy atom. The second-order valence-corrected chi connectivity index (χ2v) is 8.90. The molecule has 4 aromatic rings. The van der Waals surface area contributed by atoms with Gasteiger partial charge in [-0.1, -0.05) is 54.1 Å². The van der Waals surface area contributed by atoms with Crippen molar-refractivity contribution in [3.05, 3.63) is 95.2 Å². The standard InChI is InChI=1S/C27H23N3O3/c1-15-6-8-16(9-7-15)18-12-20-25(24(33)14-18)26(17-10-11-22(31)23(32)13-17)30-21-5-3-2-4-19(21)28-27(30)29-20/h2-13,18,25-26,31-32H,14H2,1H3,(H,28,29)/t18-,25+,26+/m0/s1. The van der Waals surface area contributed by atoms with Crippen molar-refractivity contribution in [3.8, 4) is 11.5 Å². The smallest absolute Gasteiger partial charge is 0.208 e. The molecule has 0 fully saturated rings. The van der Waals surface area contributed by atoms with E-state index < -0.39 is 12.0 Å². The topological polar surface area (TPSA) is 87.4 Å². The van der Waals surface area contributed by atoms with Crippen LogP contribution in [0.2, 0.25) is 0 Å². The average molecular weight is 437 g/mol. The fourth-order valence-electron chi connectivity index (χ4n) is 5.15. The fourth-order valence-corrected chi connectivity index (χ4v) is 5.15. The first-order valence-electron chi connectivity index (χ1n) is 11.1. The molecule has 2 heterocycles. The third kappa shape index (κ3) is 3.09. The highest BCUT2D eigenvalue weighted by atomic mass is 16.3. The lowest BCUT2D eigenvalue weighted by molar-refractivity contribution is -0.123. The monoisotopic (exact) mass is 437 g/mol. The highest BCUT2D eigenvalue weighted by molar-refractivity contribution is 5.90. The Bertz CT molecular complexity index is 1440. The van der Waals surface area contributed by atoms with E-state index in [1.807, 2.05) is 28.8 Å². The molecule has 3 N–H and O–H groups in total. The predicted octanol–water partition coefficient (Wildman–Crippen LogP) is 5.03. The maximum absolute atomic E-state index is 13.7. The molecule has 1 aliphatic carbocycles. The van der Waals surface area contributed by atoms with E-state index in [4.69, 9.17) is 4.98 Å². The Hall–Kier alpha value is -4.06. The first-order valence-corrected chi connectivity index (χ1v) is 11.1. The summed E-state index contributed by atoms with van der Waals surface area (Å²) in [5.41, 5.74) is 5.61. The quantitative estimate of drug-likeness (QED) is 0.383. The number of phenols is 2. The number of ketones is 1. The SMILES string of the molecule is Cc1ccc([C@H]2C=C3Nc4nc5ccccc5n4[C@H](c4ccc(O)c(O)c4)[C@H]3C(=O)C2)cc1. The summed E-state index contributed by atoms with van der Waals surface area (Å²) in [4.78, 5) is 18.4. The molecule has 0 spiro atoms. The number of hydrogen-bond acceptors (Lipinski definition) is 5. The van der Waals surface area contributed by atoms with E-state index in [1.165, 1.54) is 11.6 Å². The van der Waals surface area contributed by atoms with Gasteiger partial charge in [-0.3, -0.25) is 4.79 Å². The number of carbonyl (C=O) groups excluding carboxylic acids is 1. The van der Waals surface area contributed by atoms with E-state index in [-0.39, 0.29) is 23.2 Å². The van der Waals surface area contributed by atoms with Crippen LogP contribution in [0.3, 0.4) is 0 Å². The molecule has 0 unspecified atom stereocenters. The number of imidazole rings is 1. The number of nitrogens with zero attached hydrogens (tertiary/aromatic N) is 2. The molecule has 2 aliphatic rings. The van der Waals surface area contributed by atoms with Crippen LogP contribution < -0.4 is 5.32 Å². The number of Topliss-reactive ketones (excluding diaryl/α,β-unsaturated/α-hetero) is 1. The Kier molecular flexibility index (Phi) is 4.30. The number of allylic oxidation sites excluding steroid dienone is 2. The number of fused-ring (bicyclic) bond motifs is 4. The summed E-state index contributed by atoms with van der Waals surface area (Å²) in [6.45, 7) is 2.05. The van der Waals surface area contributed by atoms with Gasteiger partial charge in [0.25, 0.3) is 0 Å². The van der Waals surface area contributed by atoms with E-state index in [0.717, 1.165) is 27.9 Å². The van der Waals surface area contributed by atoms with Crippen LogP contribution in [0.1, 0.15) is 35.1 Å². The summed E-state index contributed by atoms with van der Waals surface area (Å²) in [5, 5.41) is 23.5. The molecule has 0 radical (unpaired) electrons. The lowest BCUT2D eigenvalue weighted by Gasteiger charge is -2.39. The fraction of sp³-hybridized carbons (Fsp3) is 0.185. The molecule has 0 amide bonds. The molecular weight excluding hydrogens is 414 g/mol. The maximum atomic E-state index is 13.7. The van der Waals surface area contributed by atoms with Gasteiger partial charge in [0.15, 0.2) is 11.5 Å². The zero-order valence-corrected chi connectivity index (χ0v) is 18.1. The van der Waals surface area contributed by atoms with Gasteiger partial charge in [0.2, 0.25) is 5.95 Å². The summed E-state index contributed by atoms with van der Waals surface area (Å²) in [5.74, 6) is -0.0560. The summed E-state index contributed by atoms with van der Waals surface area (Å²) < 4.78 is 2.03. The minimum absolute atomic E-state index is 0.0124. The lowest BCUT2D eigenvalue weighted by Crippen LogP contribution is -2.39. The summed E-state index contributed by atoms with van der Waals surface area (Å²) in [7, 11) is 0. The number of aromatic nitrogens is 2. The number of aryl methyl sites for hydroxylation is 1. The van der Waals surface area contributed by atoms with Crippen LogP contribution in [0.25, 0.3) is 11.0 Å². The molecule has 0 bridgehead atoms. The van der Waals surface area contributed by atoms with Crippen LogP contribution in [-0.4, -0.2) is 25.5 Å². The van der Waals surface area contributed by atoms with Gasteiger partial charge in [0.05, 0.1) is 23.0 Å². The molecule has 0 saturated carbocycles. The Labute approximate surface area is 190 Å². The minimum Gasteiger partial charge on any atom is -0.504 e. The van der Waals surface area contributed by atoms with Crippen LogP contribution >= 0.6 is 0 Å². The van der Waals surface area contributed by atoms with Crippen LogP contribution in [0.5, 0.6) is 11.5 Å². The van der Waals surface area contributed by atoms with Crippen LogP contribution in [0.15, 0.2) is 78.5 Å². The number of anilines is 1. The second-order valence-electron chi connectivity index (χ2n) is 8.90. The largest absolute Gasteiger partial charge is 0.504 e. The van der Waals surface area contributed by atoms with Gasteiger partial charge in [-0.05, 0) is 42.3 Å². The first kappa shape index (κ1) is 19.6. The summed E-state index contributed by atoms with van der Waals surface area (Å²) in [6, 6.07) is 20.5. The molecule has 1 aromatic heterocycles. The van der Waals surface area contributed by atoms with Gasteiger partial charge in [-0.15, -0.1) is 0 Å². The highest BCUT2D eigenvalue weighted by Gasteiger charge is 2.43. The molecule has 164 valence electrons. The van der Waals surface area contributed by atoms with Crippen molar-refractivity contribution < 1.29 is 15.0 Å². The molecule has 6 heteroatoms. The number of phenolic OH excluding ortho intramolecular Hbond substituents is 2. The number of rotatable bonds is 2. The molecular formula is C27H23N3O3. The normalized spacial score (nSPS) is 21.8. The number of para-hydroxylation sites is 2. The molecule has 1 aliphatic heterocycles. The predicted molar refractivity (Wildman–Crippen MR) is 126 cm³/mol. The van der Waals surface area contributed by atoms with Crippen LogP contribution in [-0.2, 0) is 4.79 Å². The second kappa shape index (κ2) is 7.24. The van der Waals surface area contributed by atoms with Crippen molar-refractivity contribution in [1.82, 2.24) is 9.55 Å². The Balaban J connectivity index is 1.55. The van der Waals surface area contributed by atoms with Gasteiger partial charge in [-0.2, -0.15) is 0 Å². The minimum atomic E-state index is -0.444. The molecule has 3 atom stereocenters. The number of nitrogens with one attached hydrogen (secondary N) is 1. The van der Waals surface area contributed by atoms with Crippen molar-refractivity contribution in [3.63, 3.8) is 0 Å². The van der Waals surface area contributed by atoms with Crippen molar-refractivity contribution >= 4 is 22.8 Å². The van der Waals surface area contributed by atoms with Crippen molar-refractivity contribution in [1.29, 1.82) is 0 Å².